The maximum absolute atomic E-state index is 10.6. The molecule has 0 aromatic carbocycles. The highest BCUT2D eigenvalue weighted by molar-refractivity contribution is 8.00. The van der Waals surface area contributed by atoms with Gasteiger partial charge in [0.15, 0.2) is 5.65 Å². The first-order valence-corrected chi connectivity index (χ1v) is 6.00. The minimum Gasteiger partial charge on any atom is -0.481 e. The first kappa shape index (κ1) is 11.8. The molecule has 7 heteroatoms. The second-order valence-electron chi connectivity index (χ2n) is 3.70. The molecule has 6 nitrogen and oxygen atoms in total. The average Bonchev–Trinajstić information content (AvgIpc) is 2.61. The number of nitrogens with zero attached hydrogens (tertiary/aromatic N) is 4. The van der Waals surface area contributed by atoms with Gasteiger partial charge in [-0.05, 0) is 6.92 Å². The van der Waals surface area contributed by atoms with Gasteiger partial charge in [0.2, 0.25) is 0 Å². The molecule has 2 aromatic rings. The van der Waals surface area contributed by atoms with Crippen LogP contribution >= 0.6 is 11.8 Å². The number of hydrogen-bond acceptors (Lipinski definition) is 5. The topological polar surface area (TPSA) is 80.4 Å². The van der Waals surface area contributed by atoms with Crippen LogP contribution in [0.4, 0.5) is 0 Å². The lowest BCUT2D eigenvalue weighted by atomic mass is 10.3. The SMILES string of the molecule is Cc1nnc2c(SC(C)CC(=O)O)nccn12. The molecule has 0 spiro atoms. The summed E-state index contributed by atoms with van der Waals surface area (Å²) in [4.78, 5) is 14.8. The van der Waals surface area contributed by atoms with Gasteiger partial charge in [-0.15, -0.1) is 10.2 Å². The van der Waals surface area contributed by atoms with Gasteiger partial charge in [0.25, 0.3) is 0 Å². The van der Waals surface area contributed by atoms with E-state index >= 15 is 0 Å². The summed E-state index contributed by atoms with van der Waals surface area (Å²) in [6.45, 7) is 3.71. The predicted molar refractivity (Wildman–Crippen MR) is 63.1 cm³/mol. The molecule has 0 saturated carbocycles. The minimum absolute atomic E-state index is 0.0526. The van der Waals surface area contributed by atoms with Crippen LogP contribution in [0.15, 0.2) is 17.4 Å². The molecule has 0 fully saturated rings. The summed E-state index contributed by atoms with van der Waals surface area (Å²) in [5.74, 6) is -0.0234. The van der Waals surface area contributed by atoms with E-state index in [0.717, 1.165) is 5.82 Å². The van der Waals surface area contributed by atoms with Gasteiger partial charge in [0.05, 0.1) is 6.42 Å². The summed E-state index contributed by atoms with van der Waals surface area (Å²) in [7, 11) is 0. The van der Waals surface area contributed by atoms with E-state index < -0.39 is 5.97 Å². The zero-order chi connectivity index (χ0) is 12.4. The molecule has 0 saturated heterocycles. The number of aryl methyl sites for hydroxylation is 1. The second-order valence-corrected chi connectivity index (χ2v) is 5.13. The lowest BCUT2D eigenvalue weighted by Crippen LogP contribution is -2.06. The van der Waals surface area contributed by atoms with Crippen molar-refractivity contribution in [3.63, 3.8) is 0 Å². The molecule has 2 aromatic heterocycles. The van der Waals surface area contributed by atoms with E-state index in [-0.39, 0.29) is 11.7 Å². The highest BCUT2D eigenvalue weighted by Gasteiger charge is 2.14. The fourth-order valence-electron chi connectivity index (χ4n) is 1.48. The summed E-state index contributed by atoms with van der Waals surface area (Å²) < 4.78 is 1.84. The van der Waals surface area contributed by atoms with E-state index in [2.05, 4.69) is 15.2 Å². The molecule has 0 radical (unpaired) electrons. The summed E-state index contributed by atoms with van der Waals surface area (Å²) in [5.41, 5.74) is 0.673. The Hall–Kier alpha value is -1.63. The van der Waals surface area contributed by atoms with Gasteiger partial charge in [0, 0.05) is 17.6 Å². The molecule has 0 bridgehead atoms. The van der Waals surface area contributed by atoms with Crippen LogP contribution in [0.2, 0.25) is 0 Å². The molecule has 2 rings (SSSR count). The number of hydrogen-bond donors (Lipinski definition) is 1. The van der Waals surface area contributed by atoms with Gasteiger partial charge in [-0.3, -0.25) is 9.20 Å². The van der Waals surface area contributed by atoms with Crippen LogP contribution < -0.4 is 0 Å². The predicted octanol–water partition coefficient (Wildman–Crippen LogP) is 1.39. The van der Waals surface area contributed by atoms with Crippen molar-refractivity contribution < 1.29 is 9.90 Å². The number of aliphatic carboxylic acids is 1. The average molecular weight is 252 g/mol. The van der Waals surface area contributed by atoms with Crippen molar-refractivity contribution in [2.24, 2.45) is 0 Å². The van der Waals surface area contributed by atoms with Crippen molar-refractivity contribution in [2.45, 2.75) is 30.5 Å². The molecule has 1 atom stereocenters. The molecular weight excluding hydrogens is 240 g/mol. The van der Waals surface area contributed by atoms with Gasteiger partial charge >= 0.3 is 5.97 Å². The molecular formula is C10H12N4O2S. The fourth-order valence-corrected chi connectivity index (χ4v) is 2.45. The van der Waals surface area contributed by atoms with Crippen LogP contribution in [0.5, 0.6) is 0 Å². The Morgan fingerprint density at radius 3 is 3.06 bits per heavy atom. The number of aromatic nitrogens is 4. The van der Waals surface area contributed by atoms with Gasteiger partial charge in [-0.2, -0.15) is 0 Å². The number of rotatable bonds is 4. The number of carboxylic acids is 1. The molecule has 17 heavy (non-hydrogen) atoms. The van der Waals surface area contributed by atoms with E-state index in [1.165, 1.54) is 11.8 Å². The molecule has 0 aliphatic heterocycles. The largest absolute Gasteiger partial charge is 0.481 e. The van der Waals surface area contributed by atoms with Crippen molar-refractivity contribution >= 4 is 23.4 Å². The van der Waals surface area contributed by atoms with Crippen molar-refractivity contribution in [3.8, 4) is 0 Å². The van der Waals surface area contributed by atoms with E-state index in [1.54, 1.807) is 12.4 Å². The van der Waals surface area contributed by atoms with Crippen molar-refractivity contribution in [1.29, 1.82) is 0 Å². The molecule has 90 valence electrons. The van der Waals surface area contributed by atoms with Crippen LogP contribution in [0, 0.1) is 6.92 Å². The van der Waals surface area contributed by atoms with Crippen LogP contribution in [-0.2, 0) is 4.79 Å². The zero-order valence-electron chi connectivity index (χ0n) is 9.49. The quantitative estimate of drug-likeness (QED) is 0.828. The number of thioether (sulfide) groups is 1. The molecule has 2 heterocycles. The monoisotopic (exact) mass is 252 g/mol. The Morgan fingerprint density at radius 1 is 1.59 bits per heavy atom. The Morgan fingerprint density at radius 2 is 2.35 bits per heavy atom. The normalized spacial score (nSPS) is 12.8. The third kappa shape index (κ3) is 2.55. The van der Waals surface area contributed by atoms with E-state index in [1.807, 2.05) is 18.2 Å². The third-order valence-corrected chi connectivity index (χ3v) is 3.32. The number of fused-ring (bicyclic) bond motifs is 1. The number of carboxylic acid groups (broad SMARTS) is 1. The second kappa shape index (κ2) is 4.70. The molecule has 1 N–H and O–H groups in total. The summed E-state index contributed by atoms with van der Waals surface area (Å²) in [6, 6.07) is 0. The van der Waals surface area contributed by atoms with Crippen LogP contribution in [0.3, 0.4) is 0 Å². The molecule has 1 unspecified atom stereocenters. The molecule has 0 amide bonds. The summed E-state index contributed by atoms with van der Waals surface area (Å²) in [6.07, 6.45) is 3.55. The lowest BCUT2D eigenvalue weighted by molar-refractivity contribution is -0.136. The van der Waals surface area contributed by atoms with Gasteiger partial charge in [0.1, 0.15) is 10.9 Å². The van der Waals surface area contributed by atoms with Gasteiger partial charge in [-0.25, -0.2) is 4.98 Å². The summed E-state index contributed by atoms with van der Waals surface area (Å²) >= 11 is 1.40. The number of carbonyl (C=O) groups is 1. The highest BCUT2D eigenvalue weighted by atomic mass is 32.2. The van der Waals surface area contributed by atoms with E-state index in [0.29, 0.717) is 10.7 Å². The highest BCUT2D eigenvalue weighted by Crippen LogP contribution is 2.26. The van der Waals surface area contributed by atoms with Crippen molar-refractivity contribution in [1.82, 2.24) is 19.6 Å². The smallest absolute Gasteiger partial charge is 0.304 e. The maximum Gasteiger partial charge on any atom is 0.304 e. The molecule has 0 aliphatic carbocycles. The maximum atomic E-state index is 10.6. The van der Waals surface area contributed by atoms with Crippen LogP contribution in [-0.4, -0.2) is 35.9 Å². The van der Waals surface area contributed by atoms with Crippen LogP contribution in [0.1, 0.15) is 19.2 Å². The first-order valence-electron chi connectivity index (χ1n) is 5.12. The minimum atomic E-state index is -0.811. The van der Waals surface area contributed by atoms with Gasteiger partial charge in [-0.1, -0.05) is 18.7 Å². The van der Waals surface area contributed by atoms with Crippen molar-refractivity contribution in [3.05, 3.63) is 18.2 Å². The van der Waals surface area contributed by atoms with Crippen molar-refractivity contribution in [2.75, 3.05) is 0 Å². The standard InChI is InChI=1S/C10H12N4O2S/c1-6(5-8(15)16)17-10-9-13-12-7(2)14(9)4-3-11-10/h3-4,6H,5H2,1-2H3,(H,15,16). The Balaban J connectivity index is 2.27. The Bertz CT molecular complexity index is 554. The zero-order valence-corrected chi connectivity index (χ0v) is 10.3. The van der Waals surface area contributed by atoms with Crippen LogP contribution in [0.25, 0.3) is 5.65 Å². The molecule has 0 aliphatic rings. The van der Waals surface area contributed by atoms with Gasteiger partial charge < -0.3 is 5.11 Å². The van der Waals surface area contributed by atoms with E-state index in [9.17, 15) is 4.79 Å². The van der Waals surface area contributed by atoms with E-state index in [4.69, 9.17) is 5.11 Å². The lowest BCUT2D eigenvalue weighted by Gasteiger charge is -2.07. The Labute approximate surface area is 102 Å². The first-order chi connectivity index (χ1) is 8.08. The third-order valence-electron chi connectivity index (χ3n) is 2.24. The summed E-state index contributed by atoms with van der Waals surface area (Å²) in [5, 5.41) is 17.4. The Kier molecular flexibility index (Phi) is 3.28. The fraction of sp³-hybridized carbons (Fsp3) is 0.400.